The summed E-state index contributed by atoms with van der Waals surface area (Å²) in [7, 11) is 1.61. The number of nitrogens with two attached hydrogens (primary N) is 1. The van der Waals surface area contributed by atoms with Crippen molar-refractivity contribution in [1.29, 1.82) is 0 Å². The normalized spacial score (nSPS) is 17.1. The molecule has 0 saturated carbocycles. The van der Waals surface area contributed by atoms with E-state index in [1.165, 1.54) is 0 Å². The van der Waals surface area contributed by atoms with Crippen molar-refractivity contribution < 1.29 is 14.3 Å². The maximum atomic E-state index is 12.8. The van der Waals surface area contributed by atoms with Crippen LogP contribution in [-0.4, -0.2) is 46.5 Å². The Morgan fingerprint density at radius 2 is 2.15 bits per heavy atom. The topological polar surface area (TPSA) is 90.4 Å². The van der Waals surface area contributed by atoms with E-state index in [1.807, 2.05) is 29.2 Å². The second-order valence-corrected chi connectivity index (χ2v) is 6.55. The molecule has 2 aromatic rings. The first kappa shape index (κ1) is 18.0. The van der Waals surface area contributed by atoms with Crippen molar-refractivity contribution in [2.45, 2.75) is 31.7 Å². The van der Waals surface area contributed by atoms with Gasteiger partial charge < -0.3 is 19.9 Å². The minimum Gasteiger partial charge on any atom is -0.496 e. The number of methoxy groups -OCH3 is 1. The van der Waals surface area contributed by atoms with Crippen molar-refractivity contribution in [3.8, 4) is 5.75 Å². The van der Waals surface area contributed by atoms with E-state index in [-0.39, 0.29) is 18.4 Å². The molecule has 7 nitrogen and oxygen atoms in total. The third-order valence-electron chi connectivity index (χ3n) is 4.75. The Hall–Kier alpha value is -2.83. The molecular weight excluding hydrogens is 332 g/mol. The molecule has 0 bridgehead atoms. The quantitative estimate of drug-likeness (QED) is 0.845. The third-order valence-corrected chi connectivity index (χ3v) is 4.75. The number of aromatic nitrogens is 2. The summed E-state index contributed by atoms with van der Waals surface area (Å²) in [6.45, 7) is 1.45. The molecule has 2 N–H and O–H groups in total. The Labute approximate surface area is 152 Å². The SMILES string of the molecule is COc1ccccc1CC(=O)N1CCCC(c2nccn2CC(N)=O)C1. The van der Waals surface area contributed by atoms with Gasteiger partial charge in [0, 0.05) is 37.0 Å². The highest BCUT2D eigenvalue weighted by molar-refractivity contribution is 5.79. The molecule has 1 aromatic heterocycles. The maximum Gasteiger partial charge on any atom is 0.237 e. The van der Waals surface area contributed by atoms with Crippen LogP contribution in [0.3, 0.4) is 0 Å². The standard InChI is InChI=1S/C19H24N4O3/c1-26-16-7-3-2-5-14(16)11-18(25)22-9-4-6-15(12-22)19-21-8-10-23(19)13-17(20)24/h2-3,5,7-8,10,15H,4,6,9,11-13H2,1H3,(H2,20,24). The highest BCUT2D eigenvalue weighted by atomic mass is 16.5. The van der Waals surface area contributed by atoms with Gasteiger partial charge >= 0.3 is 0 Å². The first-order valence-electron chi connectivity index (χ1n) is 8.77. The average molecular weight is 356 g/mol. The fourth-order valence-corrected chi connectivity index (χ4v) is 3.52. The lowest BCUT2D eigenvalue weighted by Crippen LogP contribution is -2.40. The summed E-state index contributed by atoms with van der Waals surface area (Å²) in [5.41, 5.74) is 6.19. The van der Waals surface area contributed by atoms with Crippen LogP contribution in [0.15, 0.2) is 36.7 Å². The lowest BCUT2D eigenvalue weighted by molar-refractivity contribution is -0.131. The fraction of sp³-hybridized carbons (Fsp3) is 0.421. The number of ether oxygens (including phenoxy) is 1. The number of para-hydroxylation sites is 1. The summed E-state index contributed by atoms with van der Waals surface area (Å²) in [4.78, 5) is 30.3. The van der Waals surface area contributed by atoms with Gasteiger partial charge in [0.15, 0.2) is 0 Å². The molecule has 138 valence electrons. The highest BCUT2D eigenvalue weighted by Crippen LogP contribution is 2.27. The maximum absolute atomic E-state index is 12.8. The van der Waals surface area contributed by atoms with Gasteiger partial charge in [0.2, 0.25) is 11.8 Å². The number of amides is 2. The molecule has 0 aliphatic carbocycles. The molecule has 0 spiro atoms. The van der Waals surface area contributed by atoms with Crippen LogP contribution in [0.5, 0.6) is 5.75 Å². The summed E-state index contributed by atoms with van der Waals surface area (Å²) in [5, 5.41) is 0. The predicted molar refractivity (Wildman–Crippen MR) is 96.7 cm³/mol. The smallest absolute Gasteiger partial charge is 0.237 e. The first-order chi connectivity index (χ1) is 12.6. The van der Waals surface area contributed by atoms with Crippen LogP contribution in [0.1, 0.15) is 30.1 Å². The van der Waals surface area contributed by atoms with Crippen molar-refractivity contribution >= 4 is 11.8 Å². The van der Waals surface area contributed by atoms with E-state index < -0.39 is 5.91 Å². The van der Waals surface area contributed by atoms with Crippen LogP contribution in [0.4, 0.5) is 0 Å². The van der Waals surface area contributed by atoms with Crippen LogP contribution in [0.25, 0.3) is 0 Å². The van der Waals surface area contributed by atoms with Crippen molar-refractivity contribution in [3.63, 3.8) is 0 Å². The second kappa shape index (κ2) is 8.03. The minimum absolute atomic E-state index is 0.0761. The molecule has 7 heteroatoms. The average Bonchev–Trinajstić information content (AvgIpc) is 3.09. The molecule has 1 aliphatic heterocycles. The number of imidazole rings is 1. The number of likely N-dealkylation sites (tertiary alicyclic amines) is 1. The molecule has 1 fully saturated rings. The van der Waals surface area contributed by atoms with E-state index in [1.54, 1.807) is 24.1 Å². The number of carbonyl (C=O) groups excluding carboxylic acids is 2. The molecule has 1 unspecified atom stereocenters. The number of primary amides is 1. The van der Waals surface area contributed by atoms with Crippen molar-refractivity contribution in [1.82, 2.24) is 14.5 Å². The summed E-state index contributed by atoms with van der Waals surface area (Å²) in [6.07, 6.45) is 5.59. The number of nitrogens with zero attached hydrogens (tertiary/aromatic N) is 3. The lowest BCUT2D eigenvalue weighted by atomic mass is 9.96. The van der Waals surface area contributed by atoms with E-state index in [0.717, 1.165) is 36.5 Å². The molecule has 0 radical (unpaired) electrons. The number of rotatable bonds is 6. The number of hydrogen-bond acceptors (Lipinski definition) is 4. The van der Waals surface area contributed by atoms with Gasteiger partial charge in [-0.25, -0.2) is 4.98 Å². The zero-order valence-electron chi connectivity index (χ0n) is 14.9. The lowest BCUT2D eigenvalue weighted by Gasteiger charge is -2.33. The monoisotopic (exact) mass is 356 g/mol. The van der Waals surface area contributed by atoms with Crippen molar-refractivity contribution in [2.24, 2.45) is 5.73 Å². The van der Waals surface area contributed by atoms with Crippen molar-refractivity contribution in [2.75, 3.05) is 20.2 Å². The van der Waals surface area contributed by atoms with Gasteiger partial charge in [0.25, 0.3) is 0 Å². The molecular formula is C19H24N4O3. The van der Waals surface area contributed by atoms with Gasteiger partial charge in [-0.1, -0.05) is 18.2 Å². The molecule has 2 amide bonds. The molecule has 26 heavy (non-hydrogen) atoms. The summed E-state index contributed by atoms with van der Waals surface area (Å²) in [5.74, 6) is 1.33. The van der Waals surface area contributed by atoms with Gasteiger partial charge in [0.1, 0.15) is 18.1 Å². The Balaban J connectivity index is 1.69. The Morgan fingerprint density at radius 1 is 1.35 bits per heavy atom. The van der Waals surface area contributed by atoms with Gasteiger partial charge in [-0.2, -0.15) is 0 Å². The largest absolute Gasteiger partial charge is 0.496 e. The Morgan fingerprint density at radius 3 is 2.92 bits per heavy atom. The summed E-state index contributed by atoms with van der Waals surface area (Å²) < 4.78 is 7.12. The van der Waals surface area contributed by atoms with Gasteiger partial charge in [-0.05, 0) is 18.9 Å². The number of carbonyl (C=O) groups is 2. The molecule has 1 aromatic carbocycles. The van der Waals surface area contributed by atoms with Crippen molar-refractivity contribution in [3.05, 3.63) is 48.0 Å². The molecule has 1 aliphatic rings. The third kappa shape index (κ3) is 4.04. The molecule has 1 saturated heterocycles. The van der Waals surface area contributed by atoms with Gasteiger partial charge in [0.05, 0.1) is 13.5 Å². The highest BCUT2D eigenvalue weighted by Gasteiger charge is 2.28. The van der Waals surface area contributed by atoms with E-state index in [2.05, 4.69) is 4.98 Å². The molecule has 2 heterocycles. The van der Waals surface area contributed by atoms with Crippen LogP contribution < -0.4 is 10.5 Å². The zero-order chi connectivity index (χ0) is 18.5. The Bertz CT molecular complexity index is 787. The van der Waals surface area contributed by atoms with Crippen LogP contribution in [-0.2, 0) is 22.6 Å². The van der Waals surface area contributed by atoms with E-state index in [9.17, 15) is 9.59 Å². The second-order valence-electron chi connectivity index (χ2n) is 6.55. The zero-order valence-corrected chi connectivity index (χ0v) is 14.9. The minimum atomic E-state index is -0.399. The van der Waals surface area contributed by atoms with Crippen LogP contribution >= 0.6 is 0 Å². The van der Waals surface area contributed by atoms with E-state index in [4.69, 9.17) is 10.5 Å². The summed E-state index contributed by atoms with van der Waals surface area (Å²) >= 11 is 0. The molecule has 3 rings (SSSR count). The Kier molecular flexibility index (Phi) is 5.55. The van der Waals surface area contributed by atoms with Gasteiger partial charge in [-0.15, -0.1) is 0 Å². The predicted octanol–water partition coefficient (Wildman–Crippen LogP) is 1.33. The van der Waals surface area contributed by atoms with E-state index >= 15 is 0 Å². The van der Waals surface area contributed by atoms with E-state index in [0.29, 0.717) is 13.0 Å². The van der Waals surface area contributed by atoms with Crippen LogP contribution in [0, 0.1) is 0 Å². The molecule has 1 atom stereocenters. The van der Waals surface area contributed by atoms with Gasteiger partial charge in [-0.3, -0.25) is 9.59 Å². The summed E-state index contributed by atoms with van der Waals surface area (Å²) in [6, 6.07) is 7.58. The number of hydrogen-bond donors (Lipinski definition) is 1. The van der Waals surface area contributed by atoms with Crippen LogP contribution in [0.2, 0.25) is 0 Å². The first-order valence-corrected chi connectivity index (χ1v) is 8.77. The number of piperidine rings is 1. The fourth-order valence-electron chi connectivity index (χ4n) is 3.52. The number of benzene rings is 1.